The van der Waals surface area contributed by atoms with Gasteiger partial charge in [-0.25, -0.2) is 0 Å². The second-order valence-electron chi connectivity index (χ2n) is 3.68. The van der Waals surface area contributed by atoms with Gasteiger partial charge in [0.05, 0.1) is 0 Å². The second-order valence-corrected chi connectivity index (χ2v) is 5.36. The normalized spacial score (nSPS) is 29.5. The molecule has 3 heteroatoms. The fraction of sp³-hybridized carbons (Fsp3) is 1.00. The van der Waals surface area contributed by atoms with Gasteiger partial charge >= 0.3 is 0 Å². The molecule has 1 saturated heterocycles. The van der Waals surface area contributed by atoms with Crippen molar-refractivity contribution >= 4 is 11.8 Å². The average molecular weight is 188 g/mol. The molecule has 1 aliphatic heterocycles. The van der Waals surface area contributed by atoms with Crippen LogP contribution in [0.5, 0.6) is 0 Å². The lowest BCUT2D eigenvalue weighted by atomic mass is 10.1. The van der Waals surface area contributed by atoms with E-state index in [1.165, 1.54) is 25.1 Å². The van der Waals surface area contributed by atoms with Gasteiger partial charge in [-0.15, -0.1) is 0 Å². The molecule has 0 radical (unpaired) electrons. The summed E-state index contributed by atoms with van der Waals surface area (Å²) >= 11 is 2.12. The van der Waals surface area contributed by atoms with Gasteiger partial charge in [0.1, 0.15) is 0 Å². The van der Waals surface area contributed by atoms with Crippen molar-refractivity contribution in [2.75, 3.05) is 32.4 Å². The molecule has 0 aromatic carbocycles. The zero-order chi connectivity index (χ0) is 8.86. The Hall–Kier alpha value is 0.270. The maximum absolute atomic E-state index is 3.49. The van der Waals surface area contributed by atoms with Crippen LogP contribution < -0.4 is 10.6 Å². The molecule has 0 bridgehead atoms. The van der Waals surface area contributed by atoms with Crippen LogP contribution in [0.15, 0.2) is 0 Å². The minimum atomic E-state index is 0.522. The first kappa shape index (κ1) is 10.4. The number of rotatable bonds is 5. The Morgan fingerprint density at radius 1 is 1.42 bits per heavy atom. The van der Waals surface area contributed by atoms with Gasteiger partial charge in [0.15, 0.2) is 0 Å². The van der Waals surface area contributed by atoms with Gasteiger partial charge in [0, 0.05) is 24.4 Å². The van der Waals surface area contributed by atoms with Gasteiger partial charge in [0.25, 0.3) is 0 Å². The molecule has 2 N–H and O–H groups in total. The number of hydrogen-bond acceptors (Lipinski definition) is 3. The zero-order valence-electron chi connectivity index (χ0n) is 8.15. The molecular weight excluding hydrogens is 168 g/mol. The van der Waals surface area contributed by atoms with Crippen molar-refractivity contribution in [2.24, 2.45) is 0 Å². The van der Waals surface area contributed by atoms with E-state index in [0.717, 1.165) is 13.1 Å². The Bertz CT molecular complexity index is 122. The summed E-state index contributed by atoms with van der Waals surface area (Å²) < 4.78 is 0.522. The molecule has 0 aliphatic carbocycles. The number of hydrogen-bond donors (Lipinski definition) is 2. The van der Waals surface area contributed by atoms with Crippen molar-refractivity contribution in [1.29, 1.82) is 0 Å². The molecule has 2 nitrogen and oxygen atoms in total. The highest BCUT2D eigenvalue weighted by atomic mass is 32.2. The monoisotopic (exact) mass is 188 g/mol. The molecule has 12 heavy (non-hydrogen) atoms. The molecule has 0 spiro atoms. The minimum absolute atomic E-state index is 0.522. The predicted molar refractivity (Wildman–Crippen MR) is 56.9 cm³/mol. The Kier molecular flexibility index (Phi) is 4.40. The molecule has 0 aromatic heterocycles. The highest BCUT2D eigenvalue weighted by Gasteiger charge is 2.28. The van der Waals surface area contributed by atoms with Crippen molar-refractivity contribution in [3.63, 3.8) is 0 Å². The van der Waals surface area contributed by atoms with Gasteiger partial charge in [0.2, 0.25) is 0 Å². The first-order valence-electron chi connectivity index (χ1n) is 4.76. The predicted octanol–water partition coefficient (Wildman–Crippen LogP) is 1.08. The van der Waals surface area contributed by atoms with Crippen LogP contribution in [0.3, 0.4) is 0 Å². The molecular formula is C9H20N2S. The maximum atomic E-state index is 3.49. The highest BCUT2D eigenvalue weighted by Crippen LogP contribution is 2.36. The first-order chi connectivity index (χ1) is 5.77. The Morgan fingerprint density at radius 3 is 2.83 bits per heavy atom. The standard InChI is InChI=1S/C9H20N2S/c1-9(4-3-7-12-9)8-11-6-5-10-2/h10-11H,3-8H2,1-2H3. The maximum Gasteiger partial charge on any atom is 0.0256 e. The van der Waals surface area contributed by atoms with Crippen LogP contribution in [0.25, 0.3) is 0 Å². The fourth-order valence-corrected chi connectivity index (χ4v) is 2.82. The summed E-state index contributed by atoms with van der Waals surface area (Å²) in [6.07, 6.45) is 2.78. The molecule has 1 aliphatic rings. The quantitative estimate of drug-likeness (QED) is 0.631. The fourth-order valence-electron chi connectivity index (χ4n) is 1.54. The van der Waals surface area contributed by atoms with Crippen LogP contribution in [-0.4, -0.2) is 37.2 Å². The lowest BCUT2D eigenvalue weighted by Crippen LogP contribution is -2.36. The molecule has 1 heterocycles. The van der Waals surface area contributed by atoms with Crippen LogP contribution >= 0.6 is 11.8 Å². The van der Waals surface area contributed by atoms with Gasteiger partial charge in [-0.3, -0.25) is 0 Å². The summed E-state index contributed by atoms with van der Waals surface area (Å²) in [7, 11) is 1.99. The van der Waals surface area contributed by atoms with Crippen molar-refractivity contribution in [2.45, 2.75) is 24.5 Å². The SMILES string of the molecule is CNCCNCC1(C)CCCS1. The van der Waals surface area contributed by atoms with Crippen molar-refractivity contribution in [3.8, 4) is 0 Å². The van der Waals surface area contributed by atoms with Crippen LogP contribution in [0.2, 0.25) is 0 Å². The number of thioether (sulfide) groups is 1. The van der Waals surface area contributed by atoms with E-state index in [1.807, 2.05) is 7.05 Å². The van der Waals surface area contributed by atoms with Crippen LogP contribution in [0, 0.1) is 0 Å². The topological polar surface area (TPSA) is 24.1 Å². The van der Waals surface area contributed by atoms with Crippen LogP contribution in [0.1, 0.15) is 19.8 Å². The summed E-state index contributed by atoms with van der Waals surface area (Å²) in [6.45, 7) is 5.70. The number of nitrogens with one attached hydrogen (secondary N) is 2. The molecule has 1 rings (SSSR count). The van der Waals surface area contributed by atoms with E-state index in [9.17, 15) is 0 Å². The summed E-state index contributed by atoms with van der Waals surface area (Å²) in [6, 6.07) is 0. The van der Waals surface area contributed by atoms with E-state index < -0.39 is 0 Å². The van der Waals surface area contributed by atoms with Gasteiger partial charge in [-0.2, -0.15) is 11.8 Å². The summed E-state index contributed by atoms with van der Waals surface area (Å²) in [5.41, 5.74) is 0. The number of likely N-dealkylation sites (N-methyl/N-ethyl adjacent to an activating group) is 1. The Morgan fingerprint density at radius 2 is 2.25 bits per heavy atom. The Balaban J connectivity index is 2.05. The second kappa shape index (κ2) is 5.10. The van der Waals surface area contributed by atoms with Crippen LogP contribution in [0.4, 0.5) is 0 Å². The van der Waals surface area contributed by atoms with Crippen molar-refractivity contribution in [3.05, 3.63) is 0 Å². The zero-order valence-corrected chi connectivity index (χ0v) is 8.97. The third-order valence-corrected chi connectivity index (χ3v) is 3.89. The van der Waals surface area contributed by atoms with E-state index >= 15 is 0 Å². The summed E-state index contributed by atoms with van der Waals surface area (Å²) in [5.74, 6) is 1.35. The van der Waals surface area contributed by atoms with E-state index in [4.69, 9.17) is 0 Å². The lowest BCUT2D eigenvalue weighted by molar-refractivity contribution is 0.533. The van der Waals surface area contributed by atoms with Crippen LogP contribution in [-0.2, 0) is 0 Å². The molecule has 0 aromatic rings. The minimum Gasteiger partial charge on any atom is -0.318 e. The molecule has 1 atom stereocenters. The van der Waals surface area contributed by atoms with E-state index in [0.29, 0.717) is 4.75 Å². The van der Waals surface area contributed by atoms with Gasteiger partial charge in [-0.05, 0) is 32.6 Å². The summed E-state index contributed by atoms with van der Waals surface area (Å²) in [5, 5.41) is 6.62. The van der Waals surface area contributed by atoms with Gasteiger partial charge in [-0.1, -0.05) is 0 Å². The van der Waals surface area contributed by atoms with E-state index in [1.54, 1.807) is 0 Å². The smallest absolute Gasteiger partial charge is 0.0256 e. The molecule has 0 saturated carbocycles. The lowest BCUT2D eigenvalue weighted by Gasteiger charge is -2.22. The summed E-state index contributed by atoms with van der Waals surface area (Å²) in [4.78, 5) is 0. The third kappa shape index (κ3) is 3.33. The Labute approximate surface area is 79.9 Å². The third-order valence-electron chi connectivity index (χ3n) is 2.35. The molecule has 1 fully saturated rings. The van der Waals surface area contributed by atoms with Gasteiger partial charge < -0.3 is 10.6 Å². The molecule has 72 valence electrons. The van der Waals surface area contributed by atoms with E-state index in [2.05, 4.69) is 29.3 Å². The highest BCUT2D eigenvalue weighted by molar-refractivity contribution is 8.00. The molecule has 1 unspecified atom stereocenters. The van der Waals surface area contributed by atoms with Crippen molar-refractivity contribution < 1.29 is 0 Å². The van der Waals surface area contributed by atoms with Crippen molar-refractivity contribution in [1.82, 2.24) is 10.6 Å². The largest absolute Gasteiger partial charge is 0.318 e. The molecule has 0 amide bonds. The average Bonchev–Trinajstić information content (AvgIpc) is 2.47. The first-order valence-corrected chi connectivity index (χ1v) is 5.75. The van der Waals surface area contributed by atoms with E-state index in [-0.39, 0.29) is 0 Å².